The number of fused-ring (bicyclic) bond motifs is 1. The summed E-state index contributed by atoms with van der Waals surface area (Å²) < 4.78 is 66.9. The number of anilines is 1. The Bertz CT molecular complexity index is 1940. The minimum Gasteiger partial charge on any atom is -0.401 e. The van der Waals surface area contributed by atoms with Crippen molar-refractivity contribution in [3.05, 3.63) is 112 Å². The van der Waals surface area contributed by atoms with E-state index in [2.05, 4.69) is 21.9 Å². The number of alkyl halides is 4. The largest absolute Gasteiger partial charge is 0.401 e. The normalized spacial score (nSPS) is 17.9. The first-order valence-corrected chi connectivity index (χ1v) is 19.0. The molecule has 0 bridgehead atoms. The number of aryl methyl sites for hydroxylation is 1. The summed E-state index contributed by atoms with van der Waals surface area (Å²) in [4.78, 5) is 22.3. The Labute approximate surface area is 288 Å². The molecule has 4 aromatic rings. The number of nitrogens with zero attached hydrogens (tertiary/aromatic N) is 2. The van der Waals surface area contributed by atoms with Crippen LogP contribution in [-0.2, 0) is 15.1 Å². The number of hydrogen-bond donors (Lipinski definition) is 1. The van der Waals surface area contributed by atoms with E-state index >= 15 is 8.78 Å². The van der Waals surface area contributed by atoms with Gasteiger partial charge >= 0.3 is 0 Å². The van der Waals surface area contributed by atoms with E-state index in [0.717, 1.165) is 21.7 Å². The standard InChI is InChI=1S/C38H39F4N3O2SSi/c1-6-30(45-34-28-20-29(37(17-18-37)35(39)40)32(46)21-31(28)43-24(2)44-34)33-19-25(22-48-33)38(41,42)23-47-49(36(3,4)5,26-13-9-7-10-14-26)27-15-11-8-12-16-27/h6-16,19-22,29-30,35H,1,17-18,23H2,2-5H3,(H,43,44,45)/t29?,30-/m1/s1. The monoisotopic (exact) mass is 705 g/mol. The van der Waals surface area contributed by atoms with Crippen molar-refractivity contribution in [1.29, 1.82) is 0 Å². The molecule has 49 heavy (non-hydrogen) atoms. The van der Waals surface area contributed by atoms with Gasteiger partial charge in [0.2, 0.25) is 6.43 Å². The van der Waals surface area contributed by atoms with Gasteiger partial charge in [-0.2, -0.15) is 8.78 Å². The van der Waals surface area contributed by atoms with Crippen LogP contribution in [0.3, 0.4) is 0 Å². The Morgan fingerprint density at radius 1 is 1.06 bits per heavy atom. The molecule has 11 heteroatoms. The highest BCUT2D eigenvalue weighted by atomic mass is 32.1. The fourth-order valence-corrected chi connectivity index (χ4v) is 12.4. The molecule has 5 nitrogen and oxygen atoms in total. The molecule has 0 spiro atoms. The number of aromatic nitrogens is 2. The molecule has 1 unspecified atom stereocenters. The maximum atomic E-state index is 16.2. The molecule has 2 aromatic heterocycles. The fourth-order valence-electron chi connectivity index (χ4n) is 6.86. The molecule has 0 saturated heterocycles. The number of rotatable bonds is 12. The van der Waals surface area contributed by atoms with E-state index in [1.165, 1.54) is 23.6 Å². The molecular weight excluding hydrogens is 667 g/mol. The maximum Gasteiger partial charge on any atom is 0.295 e. The van der Waals surface area contributed by atoms with Crippen LogP contribution in [0.5, 0.6) is 0 Å². The van der Waals surface area contributed by atoms with Crippen molar-refractivity contribution in [3.8, 4) is 0 Å². The number of benzene rings is 2. The topological polar surface area (TPSA) is 64.1 Å². The number of nitrogens with one attached hydrogen (secondary N) is 1. The van der Waals surface area contributed by atoms with Crippen LogP contribution in [0.4, 0.5) is 23.4 Å². The number of hydrogen-bond acceptors (Lipinski definition) is 6. The van der Waals surface area contributed by atoms with Crippen LogP contribution in [0, 0.1) is 18.3 Å². The summed E-state index contributed by atoms with van der Waals surface area (Å²) in [6.07, 6.45) is 2.31. The average molecular weight is 706 g/mol. The molecule has 2 heterocycles. The molecule has 2 atom stereocenters. The van der Waals surface area contributed by atoms with Crippen molar-refractivity contribution in [2.75, 3.05) is 11.9 Å². The summed E-state index contributed by atoms with van der Waals surface area (Å²) in [6, 6.07) is 20.1. The van der Waals surface area contributed by atoms with E-state index in [1.54, 1.807) is 13.0 Å². The van der Waals surface area contributed by atoms with Crippen LogP contribution in [0.25, 0.3) is 12.2 Å². The van der Waals surface area contributed by atoms with Crippen molar-refractivity contribution < 1.29 is 26.8 Å². The lowest BCUT2D eigenvalue weighted by molar-refractivity contribution is -0.119. The average Bonchev–Trinajstić information content (AvgIpc) is 3.72. The van der Waals surface area contributed by atoms with E-state index in [9.17, 15) is 13.6 Å². The molecule has 0 radical (unpaired) electrons. The third-order valence-electron chi connectivity index (χ3n) is 9.65. The van der Waals surface area contributed by atoms with E-state index in [1.807, 2.05) is 81.4 Å². The molecule has 2 aliphatic carbocycles. The Morgan fingerprint density at radius 3 is 2.20 bits per heavy atom. The molecule has 256 valence electrons. The van der Waals surface area contributed by atoms with Crippen LogP contribution in [0.15, 0.2) is 84.8 Å². The van der Waals surface area contributed by atoms with Gasteiger partial charge in [0.15, 0.2) is 5.78 Å². The second-order valence-corrected chi connectivity index (χ2v) is 19.1. The number of thiophene rings is 1. The van der Waals surface area contributed by atoms with Crippen molar-refractivity contribution in [2.24, 2.45) is 11.3 Å². The van der Waals surface area contributed by atoms with Gasteiger partial charge in [0.05, 0.1) is 17.3 Å². The van der Waals surface area contributed by atoms with Gasteiger partial charge in [-0.15, -0.1) is 17.9 Å². The third kappa shape index (κ3) is 6.44. The minimum atomic E-state index is -3.32. The van der Waals surface area contributed by atoms with Crippen LogP contribution >= 0.6 is 11.3 Å². The zero-order valence-corrected chi connectivity index (χ0v) is 29.7. The van der Waals surface area contributed by atoms with Gasteiger partial charge in [-0.05, 0) is 41.2 Å². The smallest absolute Gasteiger partial charge is 0.295 e. The molecular formula is C38H39F4N3O2SSi. The zero-order chi connectivity index (χ0) is 35.2. The van der Waals surface area contributed by atoms with Gasteiger partial charge < -0.3 is 9.74 Å². The van der Waals surface area contributed by atoms with E-state index in [4.69, 9.17) is 4.43 Å². The van der Waals surface area contributed by atoms with Gasteiger partial charge in [-0.1, -0.05) is 93.6 Å². The third-order valence-corrected chi connectivity index (χ3v) is 15.6. The summed E-state index contributed by atoms with van der Waals surface area (Å²) in [7, 11) is -3.21. The Hall–Kier alpha value is -3.93. The number of halogens is 4. The predicted octanol–water partition coefficient (Wildman–Crippen LogP) is 6.66. The molecule has 6 rings (SSSR count). The lowest BCUT2D eigenvalue weighted by atomic mass is 9.83. The SMILES string of the molecule is C=C[C@@H](Nc1nc(C)nc2c1=CC(C1(C(F)F)CC1)C(=O)C=2)c1cc(C(F)(F)CO[Si](c2ccccc2)(c2ccccc2)C(C)(C)C)cs1. The zero-order valence-electron chi connectivity index (χ0n) is 27.9. The van der Waals surface area contributed by atoms with Crippen molar-refractivity contribution in [1.82, 2.24) is 9.97 Å². The first-order valence-electron chi connectivity index (χ1n) is 16.2. The first-order chi connectivity index (χ1) is 23.2. The van der Waals surface area contributed by atoms with Gasteiger partial charge in [-0.3, -0.25) is 4.79 Å². The molecule has 1 saturated carbocycles. The Morgan fingerprint density at radius 2 is 1.67 bits per heavy atom. The van der Waals surface area contributed by atoms with Gasteiger partial charge in [0.1, 0.15) is 18.2 Å². The van der Waals surface area contributed by atoms with Crippen LogP contribution in [0.1, 0.15) is 55.9 Å². The molecule has 1 N–H and O–H groups in total. The van der Waals surface area contributed by atoms with E-state index < -0.39 is 55.5 Å². The van der Waals surface area contributed by atoms with Gasteiger partial charge in [0.25, 0.3) is 14.2 Å². The second kappa shape index (κ2) is 13.1. The Kier molecular flexibility index (Phi) is 9.32. The van der Waals surface area contributed by atoms with Crippen molar-refractivity contribution in [2.45, 2.75) is 64.0 Å². The molecule has 2 aliphatic rings. The lowest BCUT2D eigenvalue weighted by Crippen LogP contribution is -2.67. The quantitative estimate of drug-likeness (QED) is 0.102. The second-order valence-electron chi connectivity index (χ2n) is 13.9. The predicted molar refractivity (Wildman–Crippen MR) is 189 cm³/mol. The summed E-state index contributed by atoms with van der Waals surface area (Å²) in [6.45, 7) is 10.9. The molecule has 0 aliphatic heterocycles. The maximum absolute atomic E-state index is 16.2. The summed E-state index contributed by atoms with van der Waals surface area (Å²) in [5, 5.41) is 6.81. The van der Waals surface area contributed by atoms with E-state index in [0.29, 0.717) is 27.1 Å². The number of carbonyl (C=O) groups is 1. The highest BCUT2D eigenvalue weighted by Gasteiger charge is 2.58. The molecule has 1 fully saturated rings. The lowest BCUT2D eigenvalue weighted by Gasteiger charge is -2.43. The van der Waals surface area contributed by atoms with Crippen LogP contribution in [0.2, 0.25) is 5.04 Å². The molecule has 0 amide bonds. The summed E-state index contributed by atoms with van der Waals surface area (Å²) in [5.74, 6) is -4.02. The van der Waals surface area contributed by atoms with E-state index in [-0.39, 0.29) is 18.4 Å². The van der Waals surface area contributed by atoms with Crippen molar-refractivity contribution >= 4 is 53.8 Å². The Balaban J connectivity index is 1.29. The van der Waals surface area contributed by atoms with Crippen LogP contribution in [-0.4, -0.2) is 37.1 Å². The minimum absolute atomic E-state index is 0.182. The highest BCUT2D eigenvalue weighted by Crippen LogP contribution is 2.57. The van der Waals surface area contributed by atoms with Gasteiger partial charge in [-0.25, -0.2) is 18.7 Å². The van der Waals surface area contributed by atoms with Crippen molar-refractivity contribution in [3.63, 3.8) is 0 Å². The fraction of sp³-hybridized carbons (Fsp3) is 0.342. The first kappa shape index (κ1) is 34.9. The summed E-state index contributed by atoms with van der Waals surface area (Å²) >= 11 is 1.15. The number of ketones is 1. The van der Waals surface area contributed by atoms with Crippen LogP contribution < -0.4 is 26.3 Å². The molecule has 2 aromatic carbocycles. The summed E-state index contributed by atoms with van der Waals surface area (Å²) in [5.41, 5.74) is -1.56. The number of carbonyl (C=O) groups excluding carboxylic acids is 1. The highest BCUT2D eigenvalue weighted by molar-refractivity contribution is 7.10. The van der Waals surface area contributed by atoms with Gasteiger partial charge in [0, 0.05) is 32.5 Å². The number of Topliss-reactive ketones (excluding diaryl/α,β-unsaturated/α-hetero) is 1.